The molecule has 1 amide bonds. The van der Waals surface area contributed by atoms with Gasteiger partial charge in [0.2, 0.25) is 0 Å². The molecule has 0 saturated heterocycles. The van der Waals surface area contributed by atoms with Crippen molar-refractivity contribution >= 4 is 45.6 Å². The Hall–Kier alpha value is -3.19. The van der Waals surface area contributed by atoms with E-state index in [9.17, 15) is 9.18 Å². The van der Waals surface area contributed by atoms with Crippen LogP contribution in [0.4, 0.5) is 21.6 Å². The zero-order valence-electron chi connectivity index (χ0n) is 13.7. The van der Waals surface area contributed by atoms with E-state index < -0.39 is 11.7 Å². The minimum absolute atomic E-state index is 0.121. The molecule has 0 fully saturated rings. The number of amides is 1. The number of carbonyl (C=O) groups is 1. The van der Waals surface area contributed by atoms with Crippen LogP contribution >= 0.6 is 11.6 Å². The van der Waals surface area contributed by atoms with Gasteiger partial charge in [-0.25, -0.2) is 14.4 Å². The van der Waals surface area contributed by atoms with Gasteiger partial charge < -0.3 is 10.5 Å². The molecule has 6 nitrogen and oxygen atoms in total. The van der Waals surface area contributed by atoms with Gasteiger partial charge in [0.1, 0.15) is 17.9 Å². The summed E-state index contributed by atoms with van der Waals surface area (Å²) >= 11 is 5.87. The minimum atomic E-state index is -0.594. The van der Waals surface area contributed by atoms with E-state index in [0.29, 0.717) is 28.0 Å². The van der Waals surface area contributed by atoms with Crippen LogP contribution < -0.4 is 15.4 Å². The summed E-state index contributed by atoms with van der Waals surface area (Å²) in [5.41, 5.74) is 7.20. The van der Waals surface area contributed by atoms with Crippen LogP contribution in [0.25, 0.3) is 10.9 Å². The van der Waals surface area contributed by atoms with Crippen LogP contribution in [0.1, 0.15) is 0 Å². The molecule has 2 N–H and O–H groups in total. The average molecular weight is 373 g/mol. The van der Waals surface area contributed by atoms with E-state index >= 15 is 0 Å². The Labute approximate surface area is 153 Å². The van der Waals surface area contributed by atoms with Crippen molar-refractivity contribution in [3.63, 3.8) is 0 Å². The van der Waals surface area contributed by atoms with Gasteiger partial charge in [0.15, 0.2) is 5.82 Å². The monoisotopic (exact) mass is 372 g/mol. The molecule has 0 aliphatic rings. The van der Waals surface area contributed by atoms with Gasteiger partial charge in [-0.2, -0.15) is 0 Å². The van der Waals surface area contributed by atoms with Crippen LogP contribution in [-0.4, -0.2) is 23.0 Å². The van der Waals surface area contributed by atoms with Crippen molar-refractivity contribution in [2.75, 3.05) is 17.7 Å². The number of rotatable bonds is 4. The third-order valence-corrected chi connectivity index (χ3v) is 4.02. The van der Waals surface area contributed by atoms with Gasteiger partial charge in [-0.15, -0.1) is 0 Å². The van der Waals surface area contributed by atoms with E-state index in [2.05, 4.69) is 16.5 Å². The lowest BCUT2D eigenvalue weighted by molar-refractivity contribution is -0.113. The van der Waals surface area contributed by atoms with Crippen LogP contribution in [0.2, 0.25) is 5.02 Å². The van der Waals surface area contributed by atoms with Crippen LogP contribution in [0.3, 0.4) is 0 Å². The Morgan fingerprint density at radius 3 is 2.77 bits per heavy atom. The Morgan fingerprint density at radius 1 is 1.35 bits per heavy atom. The minimum Gasteiger partial charge on any atom is -0.495 e. The van der Waals surface area contributed by atoms with Gasteiger partial charge in [-0.1, -0.05) is 18.2 Å². The molecule has 0 unspecified atom stereocenters. The van der Waals surface area contributed by atoms with E-state index in [0.717, 1.165) is 6.08 Å². The van der Waals surface area contributed by atoms with Crippen molar-refractivity contribution in [3.05, 3.63) is 60.2 Å². The molecule has 0 radical (unpaired) electrons. The van der Waals surface area contributed by atoms with E-state index in [1.54, 1.807) is 12.1 Å². The Morgan fingerprint density at radius 2 is 2.12 bits per heavy atom. The van der Waals surface area contributed by atoms with E-state index in [-0.39, 0.29) is 10.8 Å². The van der Waals surface area contributed by atoms with Gasteiger partial charge in [0.05, 0.1) is 29.0 Å². The lowest BCUT2D eigenvalue weighted by Crippen LogP contribution is -2.25. The van der Waals surface area contributed by atoms with Gasteiger partial charge in [0, 0.05) is 11.5 Å². The first-order valence-electron chi connectivity index (χ1n) is 7.46. The zero-order chi connectivity index (χ0) is 18.8. The summed E-state index contributed by atoms with van der Waals surface area (Å²) in [7, 11) is 1.49. The van der Waals surface area contributed by atoms with Crippen LogP contribution in [0.15, 0.2) is 49.3 Å². The van der Waals surface area contributed by atoms with Crippen molar-refractivity contribution in [1.29, 1.82) is 0 Å². The number of benzene rings is 2. The summed E-state index contributed by atoms with van der Waals surface area (Å²) in [5, 5.41) is 0.394. The number of hydrogen-bond acceptors (Lipinski definition) is 5. The SMILES string of the molecule is C=CC(=O)N(c1ccc(F)c(Cl)c1)c1ncnc2cc(OC)c(N)cc12. The van der Waals surface area contributed by atoms with Gasteiger partial charge in [-0.05, 0) is 30.3 Å². The number of carbonyl (C=O) groups excluding carboxylic acids is 1. The summed E-state index contributed by atoms with van der Waals surface area (Å²) in [4.78, 5) is 22.2. The molecule has 0 spiro atoms. The van der Waals surface area contributed by atoms with Gasteiger partial charge in [-0.3, -0.25) is 9.69 Å². The molecule has 3 aromatic rings. The van der Waals surface area contributed by atoms with Crippen molar-refractivity contribution in [3.8, 4) is 5.75 Å². The predicted octanol–water partition coefficient (Wildman–Crippen LogP) is 3.86. The van der Waals surface area contributed by atoms with Crippen molar-refractivity contribution < 1.29 is 13.9 Å². The second kappa shape index (κ2) is 6.97. The molecule has 3 rings (SSSR count). The third kappa shape index (κ3) is 3.04. The molecule has 1 heterocycles. The highest BCUT2D eigenvalue weighted by Crippen LogP contribution is 2.35. The highest BCUT2D eigenvalue weighted by Gasteiger charge is 2.21. The lowest BCUT2D eigenvalue weighted by atomic mass is 10.1. The standard InChI is InChI=1S/C18H14ClFN4O2/c1-3-17(25)24(10-4-5-13(20)12(19)6-10)18-11-7-14(21)16(26-2)8-15(11)22-9-23-18/h3-9H,1,21H2,2H3. The number of halogens is 2. The Balaban J connectivity index is 2.27. The molecular formula is C18H14ClFN4O2. The summed E-state index contributed by atoms with van der Waals surface area (Å²) in [6, 6.07) is 7.17. The number of aromatic nitrogens is 2. The Kier molecular flexibility index (Phi) is 4.73. The lowest BCUT2D eigenvalue weighted by Gasteiger charge is -2.22. The maximum Gasteiger partial charge on any atom is 0.256 e. The smallest absolute Gasteiger partial charge is 0.256 e. The molecule has 0 saturated carbocycles. The summed E-state index contributed by atoms with van der Waals surface area (Å²) in [5.74, 6) is -0.351. The molecular weight excluding hydrogens is 359 g/mol. The fraction of sp³-hybridized carbons (Fsp3) is 0.0556. The van der Waals surface area contributed by atoms with Gasteiger partial charge in [0.25, 0.3) is 5.91 Å². The Bertz CT molecular complexity index is 1030. The van der Waals surface area contributed by atoms with Crippen molar-refractivity contribution in [2.45, 2.75) is 0 Å². The first kappa shape index (κ1) is 17.6. The summed E-state index contributed by atoms with van der Waals surface area (Å²) < 4.78 is 18.7. The summed E-state index contributed by atoms with van der Waals surface area (Å²) in [6.45, 7) is 3.51. The van der Waals surface area contributed by atoms with Crippen molar-refractivity contribution in [1.82, 2.24) is 9.97 Å². The summed E-state index contributed by atoms with van der Waals surface area (Å²) in [6.07, 6.45) is 2.43. The van der Waals surface area contributed by atoms with E-state index in [1.165, 1.54) is 36.5 Å². The fourth-order valence-corrected chi connectivity index (χ4v) is 2.69. The highest BCUT2D eigenvalue weighted by molar-refractivity contribution is 6.31. The average Bonchev–Trinajstić information content (AvgIpc) is 2.64. The first-order valence-corrected chi connectivity index (χ1v) is 7.84. The second-order valence-corrected chi connectivity index (χ2v) is 5.69. The molecule has 132 valence electrons. The van der Waals surface area contributed by atoms with Gasteiger partial charge >= 0.3 is 0 Å². The van der Waals surface area contributed by atoms with Crippen molar-refractivity contribution in [2.24, 2.45) is 0 Å². The quantitative estimate of drug-likeness (QED) is 0.555. The number of anilines is 3. The van der Waals surface area contributed by atoms with Crippen LogP contribution in [-0.2, 0) is 4.79 Å². The number of methoxy groups -OCH3 is 1. The third-order valence-electron chi connectivity index (χ3n) is 3.73. The number of nitrogens with two attached hydrogens (primary N) is 1. The number of nitrogen functional groups attached to an aromatic ring is 1. The fourth-order valence-electron chi connectivity index (χ4n) is 2.51. The molecule has 0 atom stereocenters. The predicted molar refractivity (Wildman–Crippen MR) is 99.3 cm³/mol. The number of hydrogen-bond donors (Lipinski definition) is 1. The van der Waals surface area contributed by atoms with Crippen LogP contribution in [0.5, 0.6) is 5.75 Å². The molecule has 0 aliphatic heterocycles. The topological polar surface area (TPSA) is 81.3 Å². The van der Waals surface area contributed by atoms with Crippen LogP contribution in [0, 0.1) is 5.82 Å². The molecule has 2 aromatic carbocycles. The molecule has 26 heavy (non-hydrogen) atoms. The molecule has 0 bridgehead atoms. The maximum atomic E-state index is 13.5. The largest absolute Gasteiger partial charge is 0.495 e. The number of nitrogens with zero attached hydrogens (tertiary/aromatic N) is 3. The number of fused-ring (bicyclic) bond motifs is 1. The van der Waals surface area contributed by atoms with E-state index in [1.807, 2.05) is 0 Å². The first-order chi connectivity index (χ1) is 12.5. The zero-order valence-corrected chi connectivity index (χ0v) is 14.5. The second-order valence-electron chi connectivity index (χ2n) is 5.28. The molecule has 1 aromatic heterocycles. The number of ether oxygens (including phenoxy) is 1. The molecule has 8 heteroatoms. The van der Waals surface area contributed by atoms with E-state index in [4.69, 9.17) is 22.1 Å². The molecule has 0 aliphatic carbocycles. The normalized spacial score (nSPS) is 10.6. The maximum absolute atomic E-state index is 13.5. The highest BCUT2D eigenvalue weighted by atomic mass is 35.5.